The largest absolute Gasteiger partial charge is 0.351 e. The zero-order chi connectivity index (χ0) is 13.0. The maximum absolute atomic E-state index is 6.15. The molecular formula is C13H17ClN2O2. The minimum Gasteiger partial charge on any atom is -0.351 e. The van der Waals surface area contributed by atoms with E-state index in [4.69, 9.17) is 21.1 Å². The molecule has 2 aromatic rings. The molecule has 0 amide bonds. The Labute approximate surface area is 111 Å². The fraction of sp³-hybridized carbons (Fsp3) is 0.462. The molecule has 4 nitrogen and oxygen atoms in total. The van der Waals surface area contributed by atoms with Crippen LogP contribution in [0.2, 0.25) is 5.28 Å². The SMILES string of the molecule is CCOC(Cn1c(Cl)nc2ccccc21)OCC. The van der Waals surface area contributed by atoms with Crippen molar-refractivity contribution in [3.8, 4) is 0 Å². The van der Waals surface area contributed by atoms with Crippen molar-refractivity contribution in [1.82, 2.24) is 9.55 Å². The monoisotopic (exact) mass is 268 g/mol. The minimum atomic E-state index is -0.296. The van der Waals surface area contributed by atoms with E-state index in [2.05, 4.69) is 4.98 Å². The van der Waals surface area contributed by atoms with Gasteiger partial charge in [-0.25, -0.2) is 4.98 Å². The van der Waals surface area contributed by atoms with Gasteiger partial charge in [0, 0.05) is 13.2 Å². The summed E-state index contributed by atoms with van der Waals surface area (Å²) in [6.45, 7) is 5.64. The Hall–Kier alpha value is -1.10. The maximum atomic E-state index is 6.15. The van der Waals surface area contributed by atoms with Crippen LogP contribution in [0.25, 0.3) is 11.0 Å². The molecule has 98 valence electrons. The van der Waals surface area contributed by atoms with E-state index < -0.39 is 0 Å². The van der Waals surface area contributed by atoms with Crippen LogP contribution in [0, 0.1) is 0 Å². The molecule has 0 saturated carbocycles. The lowest BCUT2D eigenvalue weighted by atomic mass is 10.3. The molecule has 0 bridgehead atoms. The summed E-state index contributed by atoms with van der Waals surface area (Å²) in [5.74, 6) is 0. The molecule has 0 spiro atoms. The van der Waals surface area contributed by atoms with Crippen LogP contribution in [-0.2, 0) is 16.0 Å². The highest BCUT2D eigenvalue weighted by atomic mass is 35.5. The summed E-state index contributed by atoms with van der Waals surface area (Å²) in [4.78, 5) is 4.30. The Morgan fingerprint density at radius 2 is 1.89 bits per heavy atom. The Bertz CT molecular complexity index is 507. The van der Waals surface area contributed by atoms with E-state index in [0.29, 0.717) is 25.0 Å². The summed E-state index contributed by atoms with van der Waals surface area (Å²) in [7, 11) is 0. The van der Waals surface area contributed by atoms with Gasteiger partial charge in [-0.1, -0.05) is 12.1 Å². The normalized spacial score (nSPS) is 11.6. The Morgan fingerprint density at radius 1 is 1.22 bits per heavy atom. The van der Waals surface area contributed by atoms with Gasteiger partial charge in [-0.05, 0) is 37.6 Å². The number of nitrogens with zero attached hydrogens (tertiary/aromatic N) is 2. The molecule has 0 aliphatic carbocycles. The van der Waals surface area contributed by atoms with Crippen LogP contribution in [-0.4, -0.2) is 29.1 Å². The predicted molar refractivity (Wildman–Crippen MR) is 71.8 cm³/mol. The van der Waals surface area contributed by atoms with E-state index in [1.807, 2.05) is 42.7 Å². The lowest BCUT2D eigenvalue weighted by Gasteiger charge is -2.18. The molecular weight excluding hydrogens is 252 g/mol. The molecule has 0 atom stereocenters. The molecule has 0 aliphatic rings. The minimum absolute atomic E-state index is 0.296. The highest BCUT2D eigenvalue weighted by Gasteiger charge is 2.14. The summed E-state index contributed by atoms with van der Waals surface area (Å²) in [6, 6.07) is 7.84. The number of imidazole rings is 1. The number of aromatic nitrogens is 2. The van der Waals surface area contributed by atoms with Gasteiger partial charge < -0.3 is 14.0 Å². The van der Waals surface area contributed by atoms with E-state index in [0.717, 1.165) is 11.0 Å². The predicted octanol–water partition coefficient (Wildman–Crippen LogP) is 3.09. The summed E-state index contributed by atoms with van der Waals surface area (Å²) >= 11 is 6.15. The van der Waals surface area contributed by atoms with Gasteiger partial charge in [-0.2, -0.15) is 0 Å². The quantitative estimate of drug-likeness (QED) is 0.756. The molecule has 1 aromatic heterocycles. The molecule has 0 N–H and O–H groups in total. The number of hydrogen-bond acceptors (Lipinski definition) is 3. The summed E-state index contributed by atoms with van der Waals surface area (Å²) in [5, 5.41) is 0.459. The summed E-state index contributed by atoms with van der Waals surface area (Å²) < 4.78 is 13.0. The van der Waals surface area contributed by atoms with Crippen LogP contribution in [0.15, 0.2) is 24.3 Å². The molecule has 0 fully saturated rings. The Morgan fingerprint density at radius 3 is 2.56 bits per heavy atom. The van der Waals surface area contributed by atoms with Gasteiger partial charge in [0.2, 0.25) is 5.28 Å². The number of para-hydroxylation sites is 2. The molecule has 18 heavy (non-hydrogen) atoms. The lowest BCUT2D eigenvalue weighted by molar-refractivity contribution is -0.143. The average molecular weight is 269 g/mol. The van der Waals surface area contributed by atoms with Crippen molar-refractivity contribution in [2.45, 2.75) is 26.7 Å². The molecule has 5 heteroatoms. The van der Waals surface area contributed by atoms with E-state index in [1.165, 1.54) is 0 Å². The van der Waals surface area contributed by atoms with E-state index in [1.54, 1.807) is 0 Å². The average Bonchev–Trinajstić information content (AvgIpc) is 2.67. The fourth-order valence-electron chi connectivity index (χ4n) is 1.89. The third kappa shape index (κ3) is 2.83. The fourth-order valence-corrected chi connectivity index (χ4v) is 2.15. The second-order valence-electron chi connectivity index (χ2n) is 3.82. The van der Waals surface area contributed by atoms with Crippen LogP contribution in [0.4, 0.5) is 0 Å². The van der Waals surface area contributed by atoms with Crippen molar-refractivity contribution in [3.05, 3.63) is 29.5 Å². The number of hydrogen-bond donors (Lipinski definition) is 0. The van der Waals surface area contributed by atoms with Crippen LogP contribution in [0.5, 0.6) is 0 Å². The molecule has 1 heterocycles. The van der Waals surface area contributed by atoms with Crippen molar-refractivity contribution in [3.63, 3.8) is 0 Å². The van der Waals surface area contributed by atoms with Crippen LogP contribution in [0.3, 0.4) is 0 Å². The Kier molecular flexibility index (Phi) is 4.58. The van der Waals surface area contributed by atoms with E-state index in [9.17, 15) is 0 Å². The first-order chi connectivity index (χ1) is 8.76. The van der Waals surface area contributed by atoms with Crippen molar-refractivity contribution < 1.29 is 9.47 Å². The van der Waals surface area contributed by atoms with Gasteiger partial charge >= 0.3 is 0 Å². The molecule has 0 saturated heterocycles. The van der Waals surface area contributed by atoms with Gasteiger partial charge in [-0.3, -0.25) is 0 Å². The summed E-state index contributed by atoms with van der Waals surface area (Å²) in [6.07, 6.45) is -0.296. The Balaban J connectivity index is 2.26. The van der Waals surface area contributed by atoms with Crippen LogP contribution < -0.4 is 0 Å². The first-order valence-corrected chi connectivity index (χ1v) is 6.48. The topological polar surface area (TPSA) is 36.3 Å². The third-order valence-electron chi connectivity index (χ3n) is 2.64. The zero-order valence-electron chi connectivity index (χ0n) is 10.6. The first-order valence-electron chi connectivity index (χ1n) is 6.10. The van der Waals surface area contributed by atoms with Gasteiger partial charge in [0.15, 0.2) is 6.29 Å². The van der Waals surface area contributed by atoms with Gasteiger partial charge in [0.1, 0.15) is 0 Å². The van der Waals surface area contributed by atoms with Crippen LogP contribution in [0.1, 0.15) is 13.8 Å². The second kappa shape index (κ2) is 6.18. The van der Waals surface area contributed by atoms with Crippen molar-refractivity contribution in [2.75, 3.05) is 13.2 Å². The number of ether oxygens (including phenoxy) is 2. The number of rotatable bonds is 6. The molecule has 1 aromatic carbocycles. The maximum Gasteiger partial charge on any atom is 0.203 e. The van der Waals surface area contributed by atoms with Crippen LogP contribution >= 0.6 is 11.6 Å². The molecule has 0 aliphatic heterocycles. The lowest BCUT2D eigenvalue weighted by Crippen LogP contribution is -2.23. The number of benzene rings is 1. The van der Waals surface area contributed by atoms with Crippen molar-refractivity contribution in [1.29, 1.82) is 0 Å². The van der Waals surface area contributed by atoms with Gasteiger partial charge in [0.05, 0.1) is 17.6 Å². The highest BCUT2D eigenvalue weighted by Crippen LogP contribution is 2.20. The van der Waals surface area contributed by atoms with Crippen molar-refractivity contribution in [2.24, 2.45) is 0 Å². The highest BCUT2D eigenvalue weighted by molar-refractivity contribution is 6.29. The third-order valence-corrected chi connectivity index (χ3v) is 2.93. The van der Waals surface area contributed by atoms with Crippen molar-refractivity contribution >= 4 is 22.6 Å². The van der Waals surface area contributed by atoms with Gasteiger partial charge in [0.25, 0.3) is 0 Å². The molecule has 0 radical (unpaired) electrons. The summed E-state index contributed by atoms with van der Waals surface area (Å²) in [5.41, 5.74) is 1.88. The van der Waals surface area contributed by atoms with E-state index in [-0.39, 0.29) is 6.29 Å². The first kappa shape index (κ1) is 13.3. The second-order valence-corrected chi connectivity index (χ2v) is 4.16. The number of halogens is 1. The number of fused-ring (bicyclic) bond motifs is 1. The van der Waals surface area contributed by atoms with Gasteiger partial charge in [-0.15, -0.1) is 0 Å². The zero-order valence-corrected chi connectivity index (χ0v) is 11.4. The smallest absolute Gasteiger partial charge is 0.203 e. The molecule has 0 unspecified atom stereocenters. The van der Waals surface area contributed by atoms with E-state index >= 15 is 0 Å². The molecule has 2 rings (SSSR count). The standard InChI is InChI=1S/C13H17ClN2O2/c1-3-17-12(18-4-2)9-16-11-8-6-5-7-10(11)15-13(16)14/h5-8,12H,3-4,9H2,1-2H3.